The summed E-state index contributed by atoms with van der Waals surface area (Å²) in [5.41, 5.74) is 2.27. The molecular formula is C14H9BN2O3. The van der Waals surface area contributed by atoms with Crippen LogP contribution in [0.1, 0.15) is 11.1 Å². The predicted octanol–water partition coefficient (Wildman–Crippen LogP) is 2.34. The lowest BCUT2D eigenvalue weighted by atomic mass is 9.75. The molecule has 0 N–H and O–H groups in total. The Hall–Kier alpha value is -2.65. The van der Waals surface area contributed by atoms with Crippen LogP contribution in [0, 0.1) is 16.2 Å². The molecule has 0 amide bonds. The molecule has 0 spiro atoms. The average Bonchev–Trinajstić information content (AvgIpc) is 2.90. The predicted molar refractivity (Wildman–Crippen MR) is 73.6 cm³/mol. The molecule has 1 aliphatic heterocycles. The summed E-state index contributed by atoms with van der Waals surface area (Å²) in [6.07, 6.45) is 0. The Morgan fingerprint density at radius 3 is 2.65 bits per heavy atom. The topological polar surface area (TPSA) is 71.7 Å². The molecule has 0 unspecified atom stereocenters. The SMILES string of the molecule is N#Cc1ccc(Oc2ccc3c(c2)COB3N=O)cc1. The second kappa shape index (κ2) is 5.15. The van der Waals surface area contributed by atoms with Gasteiger partial charge in [0.25, 0.3) is 0 Å². The number of ether oxygens (including phenoxy) is 1. The Bertz CT molecular complexity index is 695. The first-order valence-electron chi connectivity index (χ1n) is 6.05. The zero-order chi connectivity index (χ0) is 13.9. The van der Waals surface area contributed by atoms with Gasteiger partial charge < -0.3 is 9.39 Å². The van der Waals surface area contributed by atoms with E-state index in [1.54, 1.807) is 36.4 Å². The van der Waals surface area contributed by atoms with E-state index in [1.165, 1.54) is 0 Å². The molecule has 0 bridgehead atoms. The smallest absolute Gasteiger partial charge is 0.457 e. The third-order valence-electron chi connectivity index (χ3n) is 3.09. The van der Waals surface area contributed by atoms with Gasteiger partial charge in [0, 0.05) is 0 Å². The van der Waals surface area contributed by atoms with E-state index in [-0.39, 0.29) is 0 Å². The second-order valence-electron chi connectivity index (χ2n) is 4.37. The lowest BCUT2D eigenvalue weighted by Gasteiger charge is -2.07. The molecule has 20 heavy (non-hydrogen) atoms. The second-order valence-corrected chi connectivity index (χ2v) is 4.37. The third-order valence-corrected chi connectivity index (χ3v) is 3.09. The standard InChI is InChI=1S/C14H9BN2O3/c16-8-10-1-3-12(4-2-10)20-13-5-6-14-11(7-13)9-19-15(14)17-18/h1-7H,9H2. The first-order chi connectivity index (χ1) is 9.80. The number of nitrogens with zero attached hydrogens (tertiary/aromatic N) is 2. The van der Waals surface area contributed by atoms with E-state index in [1.807, 2.05) is 6.07 Å². The molecule has 0 saturated carbocycles. The van der Waals surface area contributed by atoms with E-state index >= 15 is 0 Å². The highest BCUT2D eigenvalue weighted by atomic mass is 16.5. The van der Waals surface area contributed by atoms with E-state index in [4.69, 9.17) is 14.7 Å². The minimum Gasteiger partial charge on any atom is -0.457 e. The molecule has 2 aromatic carbocycles. The maximum Gasteiger partial charge on any atom is 0.520 e. The van der Waals surface area contributed by atoms with Crippen LogP contribution >= 0.6 is 0 Å². The number of hydrogen-bond donors (Lipinski definition) is 0. The van der Waals surface area contributed by atoms with E-state index < -0.39 is 7.05 Å². The highest BCUT2D eigenvalue weighted by Gasteiger charge is 2.30. The van der Waals surface area contributed by atoms with Crippen LogP contribution in [0.15, 0.2) is 47.6 Å². The van der Waals surface area contributed by atoms with Crippen molar-refractivity contribution in [3.8, 4) is 17.6 Å². The van der Waals surface area contributed by atoms with Crippen molar-refractivity contribution in [1.29, 1.82) is 5.26 Å². The Labute approximate surface area is 115 Å². The number of benzene rings is 2. The molecule has 2 aromatic rings. The van der Waals surface area contributed by atoms with Crippen molar-refractivity contribution in [2.75, 3.05) is 0 Å². The van der Waals surface area contributed by atoms with E-state index in [0.717, 1.165) is 11.0 Å². The number of fused-ring (bicyclic) bond motifs is 1. The minimum absolute atomic E-state index is 0.357. The molecular weight excluding hydrogens is 255 g/mol. The van der Waals surface area contributed by atoms with Gasteiger partial charge in [-0.3, -0.25) is 0 Å². The van der Waals surface area contributed by atoms with Gasteiger partial charge in [-0.25, -0.2) is 0 Å². The maximum absolute atomic E-state index is 10.6. The van der Waals surface area contributed by atoms with E-state index in [0.29, 0.717) is 23.7 Å². The van der Waals surface area contributed by atoms with Gasteiger partial charge in [-0.05, 0) is 47.4 Å². The normalized spacial score (nSPS) is 12.7. The van der Waals surface area contributed by atoms with Gasteiger partial charge in [-0.1, -0.05) is 11.2 Å². The fraction of sp³-hybridized carbons (Fsp3) is 0.0714. The Kier molecular flexibility index (Phi) is 3.19. The zero-order valence-electron chi connectivity index (χ0n) is 10.4. The summed E-state index contributed by atoms with van der Waals surface area (Å²) in [6, 6.07) is 14.3. The molecule has 0 saturated heterocycles. The number of hydrogen-bond acceptors (Lipinski definition) is 5. The summed E-state index contributed by atoms with van der Waals surface area (Å²) in [5.74, 6) is 1.30. The van der Waals surface area contributed by atoms with Gasteiger partial charge in [0.15, 0.2) is 0 Å². The highest BCUT2D eigenvalue weighted by Crippen LogP contribution is 2.24. The van der Waals surface area contributed by atoms with Crippen molar-refractivity contribution < 1.29 is 9.39 Å². The third kappa shape index (κ3) is 2.27. The first-order valence-corrected chi connectivity index (χ1v) is 6.05. The van der Waals surface area contributed by atoms with E-state index in [2.05, 4.69) is 11.2 Å². The minimum atomic E-state index is -0.714. The van der Waals surface area contributed by atoms with Crippen LogP contribution < -0.4 is 10.2 Å². The van der Waals surface area contributed by atoms with Crippen molar-refractivity contribution in [3.63, 3.8) is 0 Å². The van der Waals surface area contributed by atoms with Crippen LogP contribution in [0.2, 0.25) is 0 Å². The van der Waals surface area contributed by atoms with Crippen LogP contribution in [-0.2, 0) is 11.3 Å². The lowest BCUT2D eigenvalue weighted by molar-refractivity contribution is 0.330. The molecule has 0 aromatic heterocycles. The molecule has 0 aliphatic carbocycles. The van der Waals surface area contributed by atoms with Crippen LogP contribution in [0.25, 0.3) is 0 Å². The molecule has 0 atom stereocenters. The first kappa shape index (κ1) is 12.4. The van der Waals surface area contributed by atoms with Gasteiger partial charge in [-0.2, -0.15) is 10.2 Å². The fourth-order valence-electron chi connectivity index (χ4n) is 2.09. The molecule has 1 aliphatic rings. The molecule has 0 fully saturated rings. The van der Waals surface area contributed by atoms with Crippen LogP contribution in [0.3, 0.4) is 0 Å². The summed E-state index contributed by atoms with van der Waals surface area (Å²) in [4.78, 5) is 10.6. The molecule has 0 radical (unpaired) electrons. The van der Waals surface area contributed by atoms with Crippen LogP contribution in [-0.4, -0.2) is 7.05 Å². The van der Waals surface area contributed by atoms with Crippen LogP contribution in [0.4, 0.5) is 0 Å². The quantitative estimate of drug-likeness (QED) is 0.630. The van der Waals surface area contributed by atoms with Crippen molar-refractivity contribution >= 4 is 12.5 Å². The van der Waals surface area contributed by atoms with Gasteiger partial charge in [0.05, 0.1) is 18.2 Å². The van der Waals surface area contributed by atoms with Crippen molar-refractivity contribution in [2.24, 2.45) is 5.09 Å². The number of nitriles is 1. The van der Waals surface area contributed by atoms with Crippen molar-refractivity contribution in [2.45, 2.75) is 6.61 Å². The number of rotatable bonds is 3. The molecule has 96 valence electrons. The molecule has 3 rings (SSSR count). The van der Waals surface area contributed by atoms with Gasteiger partial charge >= 0.3 is 7.05 Å². The maximum atomic E-state index is 10.6. The monoisotopic (exact) mass is 264 g/mol. The summed E-state index contributed by atoms with van der Waals surface area (Å²) in [7, 11) is -0.714. The average molecular weight is 264 g/mol. The van der Waals surface area contributed by atoms with Gasteiger partial charge in [0.1, 0.15) is 11.5 Å². The largest absolute Gasteiger partial charge is 0.520 e. The zero-order valence-corrected chi connectivity index (χ0v) is 10.4. The Morgan fingerprint density at radius 2 is 1.95 bits per heavy atom. The summed E-state index contributed by atoms with van der Waals surface area (Å²) in [5, 5.41) is 11.7. The summed E-state index contributed by atoms with van der Waals surface area (Å²) in [6.45, 7) is 0.357. The van der Waals surface area contributed by atoms with E-state index in [9.17, 15) is 4.91 Å². The van der Waals surface area contributed by atoms with Crippen molar-refractivity contribution in [1.82, 2.24) is 0 Å². The molecule has 5 nitrogen and oxygen atoms in total. The lowest BCUT2D eigenvalue weighted by Crippen LogP contribution is -2.25. The molecule has 6 heteroatoms. The summed E-state index contributed by atoms with van der Waals surface area (Å²) >= 11 is 0. The van der Waals surface area contributed by atoms with Crippen molar-refractivity contribution in [3.05, 3.63) is 58.5 Å². The molecule has 1 heterocycles. The Balaban J connectivity index is 1.82. The van der Waals surface area contributed by atoms with Gasteiger partial charge in [0.2, 0.25) is 0 Å². The van der Waals surface area contributed by atoms with Crippen LogP contribution in [0.5, 0.6) is 11.5 Å². The Morgan fingerprint density at radius 1 is 1.20 bits per heavy atom. The fourth-order valence-corrected chi connectivity index (χ4v) is 2.09. The summed E-state index contributed by atoms with van der Waals surface area (Å²) < 4.78 is 10.9. The highest BCUT2D eigenvalue weighted by molar-refractivity contribution is 6.67. The number of nitroso groups, excluding NO2 is 1. The van der Waals surface area contributed by atoms with Gasteiger partial charge in [-0.15, -0.1) is 0 Å².